The molecule has 6 nitrogen and oxygen atoms in total. The number of anilines is 2. The number of H-pyrrole nitrogens is 2. The number of aromatic amines is 2. The fourth-order valence-electron chi connectivity index (χ4n) is 4.00. The molecule has 2 aromatic carbocycles. The monoisotopic (exact) mass is 400 g/mol. The van der Waals surface area contributed by atoms with Gasteiger partial charge in [0.1, 0.15) is 5.69 Å². The molecule has 4 N–H and O–H groups in total. The number of fused-ring (bicyclic) bond motifs is 2. The minimum Gasteiger partial charge on any atom is -0.399 e. The molecule has 2 aromatic heterocycles. The van der Waals surface area contributed by atoms with Crippen molar-refractivity contribution in [1.29, 1.82) is 0 Å². The summed E-state index contributed by atoms with van der Waals surface area (Å²) in [5, 5.41) is 8.18. The first kappa shape index (κ1) is 17.8. The third-order valence-corrected chi connectivity index (χ3v) is 5.53. The van der Waals surface area contributed by atoms with Crippen molar-refractivity contribution in [2.45, 2.75) is 19.0 Å². The summed E-state index contributed by atoms with van der Waals surface area (Å²) in [6.07, 6.45) is -3.44. The molecule has 1 saturated heterocycles. The zero-order valence-electron chi connectivity index (χ0n) is 15.4. The van der Waals surface area contributed by atoms with E-state index in [1.807, 2.05) is 24.3 Å². The predicted octanol–water partition coefficient (Wildman–Crippen LogP) is 4.47. The summed E-state index contributed by atoms with van der Waals surface area (Å²) in [7, 11) is 0. The maximum Gasteiger partial charge on any atom is 0.393 e. The molecule has 0 radical (unpaired) electrons. The van der Waals surface area contributed by atoms with Gasteiger partial charge in [-0.3, -0.25) is 5.10 Å². The van der Waals surface area contributed by atoms with Gasteiger partial charge in [0.05, 0.1) is 22.5 Å². The number of hydrogen-bond donors (Lipinski definition) is 3. The molecule has 1 fully saturated rings. The molecule has 5 rings (SSSR count). The van der Waals surface area contributed by atoms with Crippen LogP contribution in [0.15, 0.2) is 36.4 Å². The molecule has 29 heavy (non-hydrogen) atoms. The number of nitrogen functional groups attached to an aromatic ring is 1. The number of nitrogens with zero attached hydrogens (tertiary/aromatic N) is 3. The van der Waals surface area contributed by atoms with Crippen molar-refractivity contribution in [2.24, 2.45) is 5.92 Å². The van der Waals surface area contributed by atoms with E-state index in [1.54, 1.807) is 17.0 Å². The van der Waals surface area contributed by atoms with Gasteiger partial charge in [-0.05, 0) is 49.2 Å². The minimum atomic E-state index is -4.16. The van der Waals surface area contributed by atoms with Crippen LogP contribution in [0.2, 0.25) is 0 Å². The van der Waals surface area contributed by atoms with Crippen molar-refractivity contribution in [2.75, 3.05) is 23.7 Å². The SMILES string of the molecule is Nc1ccc2c(-c3nc4ccc(N5CCCC(C(F)(F)F)C5)cc4[nH]3)n[nH]c2c1. The van der Waals surface area contributed by atoms with Crippen LogP contribution in [0.25, 0.3) is 33.5 Å². The number of piperidine rings is 1. The van der Waals surface area contributed by atoms with Crippen LogP contribution in [0, 0.1) is 5.92 Å². The molecule has 4 aromatic rings. The summed E-state index contributed by atoms with van der Waals surface area (Å²) >= 11 is 0. The van der Waals surface area contributed by atoms with Gasteiger partial charge < -0.3 is 15.6 Å². The summed E-state index contributed by atoms with van der Waals surface area (Å²) in [5.74, 6) is -0.688. The number of halogens is 3. The van der Waals surface area contributed by atoms with E-state index in [9.17, 15) is 13.2 Å². The van der Waals surface area contributed by atoms with Crippen molar-refractivity contribution < 1.29 is 13.2 Å². The number of nitrogens with two attached hydrogens (primary N) is 1. The molecule has 0 saturated carbocycles. The number of nitrogens with one attached hydrogen (secondary N) is 2. The lowest BCUT2D eigenvalue weighted by molar-refractivity contribution is -0.175. The Labute approximate surface area is 163 Å². The molecular formula is C20H19F3N6. The Morgan fingerprint density at radius 2 is 1.97 bits per heavy atom. The van der Waals surface area contributed by atoms with E-state index in [1.165, 1.54) is 0 Å². The van der Waals surface area contributed by atoms with Gasteiger partial charge in [0.2, 0.25) is 0 Å². The molecule has 0 aliphatic carbocycles. The fourth-order valence-corrected chi connectivity index (χ4v) is 4.00. The number of alkyl halides is 3. The van der Waals surface area contributed by atoms with Crippen molar-refractivity contribution >= 4 is 33.3 Å². The molecule has 1 unspecified atom stereocenters. The van der Waals surface area contributed by atoms with Crippen molar-refractivity contribution in [3.05, 3.63) is 36.4 Å². The summed E-state index contributed by atoms with van der Waals surface area (Å²) in [5.41, 5.74) is 10.2. The van der Waals surface area contributed by atoms with E-state index in [0.717, 1.165) is 27.6 Å². The normalized spacial score (nSPS) is 18.0. The summed E-state index contributed by atoms with van der Waals surface area (Å²) < 4.78 is 39.4. The van der Waals surface area contributed by atoms with Gasteiger partial charge in [0.25, 0.3) is 0 Å². The van der Waals surface area contributed by atoms with Gasteiger partial charge in [-0.2, -0.15) is 18.3 Å². The molecule has 1 atom stereocenters. The largest absolute Gasteiger partial charge is 0.399 e. The van der Waals surface area contributed by atoms with Crippen LogP contribution in [-0.2, 0) is 0 Å². The minimum absolute atomic E-state index is 0.0125. The van der Waals surface area contributed by atoms with Gasteiger partial charge in [-0.15, -0.1) is 0 Å². The lowest BCUT2D eigenvalue weighted by Crippen LogP contribution is -2.41. The highest BCUT2D eigenvalue weighted by molar-refractivity contribution is 5.94. The van der Waals surface area contributed by atoms with Crippen LogP contribution in [0.1, 0.15) is 12.8 Å². The van der Waals surface area contributed by atoms with Crippen LogP contribution in [0.4, 0.5) is 24.5 Å². The Morgan fingerprint density at radius 1 is 1.10 bits per heavy atom. The summed E-state index contributed by atoms with van der Waals surface area (Å²) in [4.78, 5) is 9.65. The highest BCUT2D eigenvalue weighted by Crippen LogP contribution is 2.35. The Hall–Kier alpha value is -3.23. The topological polar surface area (TPSA) is 86.6 Å². The van der Waals surface area contributed by atoms with E-state index in [0.29, 0.717) is 30.2 Å². The number of hydrogen-bond acceptors (Lipinski definition) is 4. The maximum atomic E-state index is 13.1. The molecule has 1 aliphatic rings. The average molecular weight is 400 g/mol. The first-order chi connectivity index (χ1) is 13.9. The Kier molecular flexibility index (Phi) is 3.94. The first-order valence-electron chi connectivity index (χ1n) is 9.44. The zero-order valence-corrected chi connectivity index (χ0v) is 15.4. The van der Waals surface area contributed by atoms with Gasteiger partial charge >= 0.3 is 6.18 Å². The Morgan fingerprint density at radius 3 is 2.79 bits per heavy atom. The Balaban J connectivity index is 1.49. The molecule has 0 bridgehead atoms. The highest BCUT2D eigenvalue weighted by Gasteiger charge is 2.41. The second-order valence-corrected chi connectivity index (χ2v) is 7.49. The molecule has 0 amide bonds. The van der Waals surface area contributed by atoms with Crippen molar-refractivity contribution in [1.82, 2.24) is 20.2 Å². The molecular weight excluding hydrogens is 381 g/mol. The van der Waals surface area contributed by atoms with E-state index >= 15 is 0 Å². The second kappa shape index (κ2) is 6.40. The van der Waals surface area contributed by atoms with Crippen LogP contribution in [0.3, 0.4) is 0 Å². The highest BCUT2D eigenvalue weighted by atomic mass is 19.4. The molecule has 3 heterocycles. The smallest absolute Gasteiger partial charge is 0.393 e. The number of rotatable bonds is 2. The zero-order chi connectivity index (χ0) is 20.2. The van der Waals surface area contributed by atoms with Gasteiger partial charge in [-0.1, -0.05) is 0 Å². The average Bonchev–Trinajstić information content (AvgIpc) is 3.30. The Bertz CT molecular complexity index is 1190. The molecule has 9 heteroatoms. The van der Waals surface area contributed by atoms with Gasteiger partial charge in [0, 0.05) is 29.9 Å². The third-order valence-electron chi connectivity index (χ3n) is 5.53. The number of benzene rings is 2. The number of aromatic nitrogens is 4. The van der Waals surface area contributed by atoms with E-state index in [-0.39, 0.29) is 13.0 Å². The molecule has 0 spiro atoms. The summed E-state index contributed by atoms with van der Waals surface area (Å²) in [6.45, 7) is 0.603. The van der Waals surface area contributed by atoms with Crippen molar-refractivity contribution in [3.63, 3.8) is 0 Å². The van der Waals surface area contributed by atoms with Gasteiger partial charge in [-0.25, -0.2) is 4.98 Å². The predicted molar refractivity (Wildman–Crippen MR) is 107 cm³/mol. The second-order valence-electron chi connectivity index (χ2n) is 7.49. The van der Waals surface area contributed by atoms with Crippen LogP contribution in [0.5, 0.6) is 0 Å². The van der Waals surface area contributed by atoms with E-state index in [2.05, 4.69) is 20.2 Å². The van der Waals surface area contributed by atoms with E-state index in [4.69, 9.17) is 5.73 Å². The fraction of sp³-hybridized carbons (Fsp3) is 0.300. The van der Waals surface area contributed by atoms with Crippen LogP contribution >= 0.6 is 0 Å². The quantitative estimate of drug-likeness (QED) is 0.434. The van der Waals surface area contributed by atoms with Crippen molar-refractivity contribution in [3.8, 4) is 11.5 Å². The maximum absolute atomic E-state index is 13.1. The summed E-state index contributed by atoms with van der Waals surface area (Å²) in [6, 6.07) is 11.0. The van der Waals surface area contributed by atoms with E-state index < -0.39 is 12.1 Å². The number of imidazole rings is 1. The van der Waals surface area contributed by atoms with Gasteiger partial charge in [0.15, 0.2) is 5.82 Å². The lowest BCUT2D eigenvalue weighted by atomic mass is 9.97. The first-order valence-corrected chi connectivity index (χ1v) is 9.44. The van der Waals surface area contributed by atoms with Crippen LogP contribution in [-0.4, -0.2) is 39.4 Å². The molecule has 150 valence electrons. The van der Waals surface area contributed by atoms with Crippen LogP contribution < -0.4 is 10.6 Å². The lowest BCUT2D eigenvalue weighted by Gasteiger charge is -2.35. The molecule has 1 aliphatic heterocycles. The third kappa shape index (κ3) is 3.16. The standard InChI is InChI=1S/C20H19F3N6/c21-20(22,23)11-2-1-7-29(10-11)13-4-6-15-17(9-13)26-19(25-15)18-14-5-3-12(24)8-16(14)27-28-18/h3-6,8-9,11H,1-2,7,10,24H2,(H,25,26)(H,27,28).